The number of allylic oxidation sites excluding steroid dienone is 8. The van der Waals surface area contributed by atoms with E-state index in [9.17, 15) is 14.4 Å². The Bertz CT molecular complexity index is 1070. The Kier molecular flexibility index (Phi) is 47.9. The molecular formula is C55H98O6. The van der Waals surface area contributed by atoms with Crippen LogP contribution >= 0.6 is 0 Å². The van der Waals surface area contributed by atoms with E-state index in [1.807, 2.05) is 0 Å². The lowest BCUT2D eigenvalue weighted by molar-refractivity contribution is -0.167. The molecule has 0 bridgehead atoms. The molecule has 0 rings (SSSR count). The SMILES string of the molecule is CC/C=C\C/C=C\CCCCCCCC(=O)OCC(COC(=O)CCCCCCC/C=C\CCCCCCCCC)OC(=O)CCCCCCCCC/C=C\CCCCCC. The second-order valence-corrected chi connectivity index (χ2v) is 17.4. The van der Waals surface area contributed by atoms with Crippen molar-refractivity contribution in [3.05, 3.63) is 48.6 Å². The van der Waals surface area contributed by atoms with Crippen molar-refractivity contribution in [1.29, 1.82) is 0 Å². The van der Waals surface area contributed by atoms with Crippen LogP contribution < -0.4 is 0 Å². The topological polar surface area (TPSA) is 78.9 Å². The molecule has 0 saturated heterocycles. The van der Waals surface area contributed by atoms with Crippen molar-refractivity contribution in [1.82, 2.24) is 0 Å². The highest BCUT2D eigenvalue weighted by Gasteiger charge is 2.19. The number of carbonyl (C=O) groups excluding carboxylic acids is 3. The number of unbranched alkanes of at least 4 members (excludes halogenated alkanes) is 28. The molecule has 0 heterocycles. The summed E-state index contributed by atoms with van der Waals surface area (Å²) in [5.74, 6) is -0.904. The maximum atomic E-state index is 12.8. The molecule has 61 heavy (non-hydrogen) atoms. The Morgan fingerprint density at radius 2 is 0.639 bits per heavy atom. The molecule has 0 aromatic heterocycles. The standard InChI is InChI=1S/C55H98O6/c1-4-7-10-13-16-19-22-25-27-29-30-33-36-39-42-45-48-54(57)60-51-52(50-59-53(56)47-44-41-38-35-32-24-21-18-15-12-9-6-3)61-55(58)49-46-43-40-37-34-31-28-26-23-20-17-14-11-8-5-2/h9,12,18,20-21,23,27,29,52H,4-8,10-11,13-17,19,22,24-26,28,30-51H2,1-3H3/b12-9-,21-18-,23-20-,29-27-. The van der Waals surface area contributed by atoms with Crippen molar-refractivity contribution in [2.24, 2.45) is 0 Å². The molecule has 0 amide bonds. The lowest BCUT2D eigenvalue weighted by atomic mass is 10.1. The van der Waals surface area contributed by atoms with Crippen molar-refractivity contribution in [2.45, 2.75) is 271 Å². The second-order valence-electron chi connectivity index (χ2n) is 17.4. The van der Waals surface area contributed by atoms with Gasteiger partial charge in [0.1, 0.15) is 13.2 Å². The summed E-state index contributed by atoms with van der Waals surface area (Å²) >= 11 is 0. The van der Waals surface area contributed by atoms with E-state index >= 15 is 0 Å². The lowest BCUT2D eigenvalue weighted by Crippen LogP contribution is -2.30. The van der Waals surface area contributed by atoms with Gasteiger partial charge in [-0.1, -0.05) is 198 Å². The summed E-state index contributed by atoms with van der Waals surface area (Å²) in [5.41, 5.74) is 0. The number of carbonyl (C=O) groups is 3. The minimum absolute atomic E-state index is 0.0829. The first-order valence-electron chi connectivity index (χ1n) is 26.1. The van der Waals surface area contributed by atoms with Crippen LogP contribution in [0.25, 0.3) is 0 Å². The zero-order valence-electron chi connectivity index (χ0n) is 40.4. The van der Waals surface area contributed by atoms with Crippen LogP contribution in [0.4, 0.5) is 0 Å². The van der Waals surface area contributed by atoms with Gasteiger partial charge in [-0.3, -0.25) is 14.4 Å². The van der Waals surface area contributed by atoms with E-state index in [0.717, 1.165) is 89.9 Å². The number of rotatable bonds is 47. The highest BCUT2D eigenvalue weighted by atomic mass is 16.6. The molecule has 0 fully saturated rings. The third kappa shape index (κ3) is 48.3. The first-order chi connectivity index (χ1) is 30.0. The molecule has 6 nitrogen and oxygen atoms in total. The minimum Gasteiger partial charge on any atom is -0.462 e. The van der Waals surface area contributed by atoms with Gasteiger partial charge >= 0.3 is 17.9 Å². The van der Waals surface area contributed by atoms with Gasteiger partial charge < -0.3 is 14.2 Å². The van der Waals surface area contributed by atoms with Gasteiger partial charge in [-0.2, -0.15) is 0 Å². The monoisotopic (exact) mass is 855 g/mol. The van der Waals surface area contributed by atoms with Crippen molar-refractivity contribution >= 4 is 17.9 Å². The van der Waals surface area contributed by atoms with Gasteiger partial charge in [0.25, 0.3) is 0 Å². The molecule has 0 aromatic rings. The number of hydrogen-bond acceptors (Lipinski definition) is 6. The van der Waals surface area contributed by atoms with E-state index in [0.29, 0.717) is 19.3 Å². The van der Waals surface area contributed by atoms with Crippen molar-refractivity contribution in [3.8, 4) is 0 Å². The third-order valence-electron chi connectivity index (χ3n) is 11.3. The van der Waals surface area contributed by atoms with Gasteiger partial charge in [-0.15, -0.1) is 0 Å². The molecule has 0 spiro atoms. The molecule has 0 aliphatic heterocycles. The van der Waals surface area contributed by atoms with E-state index in [4.69, 9.17) is 14.2 Å². The zero-order chi connectivity index (χ0) is 44.4. The maximum Gasteiger partial charge on any atom is 0.306 e. The molecule has 0 saturated carbocycles. The first kappa shape index (κ1) is 58.4. The van der Waals surface area contributed by atoms with Gasteiger partial charge in [0.2, 0.25) is 0 Å². The van der Waals surface area contributed by atoms with Gasteiger partial charge in [0.05, 0.1) is 0 Å². The Hall–Kier alpha value is -2.63. The summed E-state index contributed by atoms with van der Waals surface area (Å²) in [6.07, 6.45) is 59.5. The summed E-state index contributed by atoms with van der Waals surface area (Å²) in [4.78, 5) is 38.0. The largest absolute Gasteiger partial charge is 0.462 e. The minimum atomic E-state index is -0.782. The van der Waals surface area contributed by atoms with Crippen LogP contribution in [0.3, 0.4) is 0 Å². The Morgan fingerprint density at radius 1 is 0.344 bits per heavy atom. The van der Waals surface area contributed by atoms with Crippen molar-refractivity contribution < 1.29 is 28.6 Å². The quantitative estimate of drug-likeness (QED) is 0.0263. The van der Waals surface area contributed by atoms with Crippen molar-refractivity contribution in [2.75, 3.05) is 13.2 Å². The van der Waals surface area contributed by atoms with E-state index in [1.165, 1.54) is 135 Å². The number of ether oxygens (including phenoxy) is 3. The molecule has 1 unspecified atom stereocenters. The predicted octanol–water partition coefficient (Wildman–Crippen LogP) is 17.1. The fraction of sp³-hybridized carbons (Fsp3) is 0.800. The predicted molar refractivity (Wildman–Crippen MR) is 261 cm³/mol. The van der Waals surface area contributed by atoms with Crippen LogP contribution in [0.5, 0.6) is 0 Å². The molecule has 354 valence electrons. The maximum absolute atomic E-state index is 12.8. The lowest BCUT2D eigenvalue weighted by Gasteiger charge is -2.18. The van der Waals surface area contributed by atoms with Crippen LogP contribution in [0, 0.1) is 0 Å². The molecule has 0 radical (unpaired) electrons. The molecule has 0 aromatic carbocycles. The van der Waals surface area contributed by atoms with Crippen LogP contribution in [0.1, 0.15) is 265 Å². The fourth-order valence-corrected chi connectivity index (χ4v) is 7.35. The van der Waals surface area contributed by atoms with Gasteiger partial charge in [0, 0.05) is 19.3 Å². The Balaban J connectivity index is 4.38. The Morgan fingerprint density at radius 3 is 1.02 bits per heavy atom. The fourth-order valence-electron chi connectivity index (χ4n) is 7.35. The third-order valence-corrected chi connectivity index (χ3v) is 11.3. The van der Waals surface area contributed by atoms with Crippen LogP contribution in [-0.4, -0.2) is 37.2 Å². The van der Waals surface area contributed by atoms with Gasteiger partial charge in [-0.25, -0.2) is 0 Å². The molecule has 1 atom stereocenters. The highest BCUT2D eigenvalue weighted by Crippen LogP contribution is 2.14. The van der Waals surface area contributed by atoms with Crippen LogP contribution in [-0.2, 0) is 28.6 Å². The second kappa shape index (κ2) is 50.0. The van der Waals surface area contributed by atoms with E-state index in [2.05, 4.69) is 69.4 Å². The smallest absolute Gasteiger partial charge is 0.306 e. The summed E-state index contributed by atoms with van der Waals surface area (Å²) in [5, 5.41) is 0. The summed E-state index contributed by atoms with van der Waals surface area (Å²) in [6, 6.07) is 0. The number of esters is 3. The van der Waals surface area contributed by atoms with Gasteiger partial charge in [0.15, 0.2) is 6.10 Å². The average molecular weight is 855 g/mol. The van der Waals surface area contributed by atoms with E-state index < -0.39 is 6.10 Å². The first-order valence-corrected chi connectivity index (χ1v) is 26.1. The number of hydrogen-bond donors (Lipinski definition) is 0. The molecule has 0 N–H and O–H groups in total. The molecule has 0 aliphatic rings. The summed E-state index contributed by atoms with van der Waals surface area (Å²) in [6.45, 7) is 6.50. The van der Waals surface area contributed by atoms with Crippen molar-refractivity contribution in [3.63, 3.8) is 0 Å². The highest BCUT2D eigenvalue weighted by molar-refractivity contribution is 5.71. The van der Waals surface area contributed by atoms with E-state index in [-0.39, 0.29) is 31.1 Å². The van der Waals surface area contributed by atoms with Crippen LogP contribution in [0.15, 0.2) is 48.6 Å². The van der Waals surface area contributed by atoms with E-state index in [1.54, 1.807) is 0 Å². The summed E-state index contributed by atoms with van der Waals surface area (Å²) in [7, 11) is 0. The summed E-state index contributed by atoms with van der Waals surface area (Å²) < 4.78 is 16.8. The molecular weight excluding hydrogens is 757 g/mol. The normalized spacial score (nSPS) is 12.4. The van der Waals surface area contributed by atoms with Gasteiger partial charge in [-0.05, 0) is 96.3 Å². The molecule has 0 aliphatic carbocycles. The Labute approximate surface area is 378 Å². The molecule has 6 heteroatoms. The van der Waals surface area contributed by atoms with Crippen LogP contribution in [0.2, 0.25) is 0 Å². The zero-order valence-corrected chi connectivity index (χ0v) is 40.4. The average Bonchev–Trinajstić information content (AvgIpc) is 3.26.